The minimum Gasteiger partial charge on any atom is -0.389 e. The molecule has 1 N–H and O–H groups in total. The van der Waals surface area contributed by atoms with Crippen molar-refractivity contribution in [3.63, 3.8) is 0 Å². The van der Waals surface area contributed by atoms with Crippen LogP contribution in [0.4, 0.5) is 0 Å². The number of likely N-dealkylation sites (tertiary alicyclic amines) is 1. The molecule has 0 radical (unpaired) electrons. The second-order valence-electron chi connectivity index (χ2n) is 6.35. The summed E-state index contributed by atoms with van der Waals surface area (Å²) in [7, 11) is 0. The first-order valence-electron chi connectivity index (χ1n) is 8.09. The van der Waals surface area contributed by atoms with Crippen LogP contribution in [-0.4, -0.2) is 35.2 Å². The van der Waals surface area contributed by atoms with Crippen molar-refractivity contribution in [1.29, 1.82) is 0 Å². The molecule has 1 fully saturated rings. The van der Waals surface area contributed by atoms with Gasteiger partial charge in [-0.25, -0.2) is 0 Å². The van der Waals surface area contributed by atoms with Gasteiger partial charge in [0.25, 0.3) is 0 Å². The van der Waals surface area contributed by atoms with Crippen LogP contribution in [0, 0.1) is 0 Å². The molecule has 1 heterocycles. The van der Waals surface area contributed by atoms with E-state index in [0.717, 1.165) is 19.4 Å². The van der Waals surface area contributed by atoms with Gasteiger partial charge in [0.1, 0.15) is 0 Å². The lowest BCUT2D eigenvalue weighted by Crippen LogP contribution is -2.46. The van der Waals surface area contributed by atoms with E-state index in [4.69, 9.17) is 0 Å². The average Bonchev–Trinajstić information content (AvgIpc) is 2.31. The molecule has 1 atom stereocenters. The Morgan fingerprint density at radius 1 is 1.00 bits per heavy atom. The third-order valence-electron chi connectivity index (χ3n) is 4.08. The van der Waals surface area contributed by atoms with Crippen molar-refractivity contribution < 1.29 is 5.11 Å². The fourth-order valence-corrected chi connectivity index (χ4v) is 2.98. The number of piperidine rings is 1. The number of unbranched alkanes of at least 4 members (excludes halogenated alkanes) is 7. The summed E-state index contributed by atoms with van der Waals surface area (Å²) in [6.45, 7) is 7.50. The third-order valence-corrected chi connectivity index (χ3v) is 4.08. The monoisotopic (exact) mass is 255 g/mol. The summed E-state index contributed by atoms with van der Waals surface area (Å²) in [6, 6.07) is 0. The van der Waals surface area contributed by atoms with Crippen LogP contribution in [0.25, 0.3) is 0 Å². The van der Waals surface area contributed by atoms with E-state index >= 15 is 0 Å². The van der Waals surface area contributed by atoms with Crippen LogP contribution >= 0.6 is 0 Å². The Hall–Kier alpha value is -0.0800. The molecule has 1 unspecified atom stereocenters. The molecule has 0 aromatic carbocycles. The summed E-state index contributed by atoms with van der Waals surface area (Å²) in [4.78, 5) is 2.45. The molecule has 0 spiro atoms. The third kappa shape index (κ3) is 7.38. The van der Waals surface area contributed by atoms with Crippen molar-refractivity contribution in [1.82, 2.24) is 4.90 Å². The molecule has 0 saturated carbocycles. The van der Waals surface area contributed by atoms with Crippen molar-refractivity contribution in [2.75, 3.05) is 19.6 Å². The lowest BCUT2D eigenvalue weighted by molar-refractivity contribution is -0.0158. The average molecular weight is 255 g/mol. The van der Waals surface area contributed by atoms with Gasteiger partial charge in [0.05, 0.1) is 5.60 Å². The molecule has 0 bridgehead atoms. The molecule has 18 heavy (non-hydrogen) atoms. The lowest BCUT2D eigenvalue weighted by atomic mass is 9.95. The highest BCUT2D eigenvalue weighted by atomic mass is 16.3. The molecule has 1 saturated heterocycles. The number of aliphatic hydroxyl groups is 1. The van der Waals surface area contributed by atoms with E-state index < -0.39 is 5.60 Å². The summed E-state index contributed by atoms with van der Waals surface area (Å²) in [6.07, 6.45) is 13.2. The van der Waals surface area contributed by atoms with Gasteiger partial charge in [-0.15, -0.1) is 0 Å². The second kappa shape index (κ2) is 8.92. The number of β-amino-alcohol motifs (C(OH)–C–C–N with tert-alkyl or cyclic N) is 1. The van der Waals surface area contributed by atoms with Crippen LogP contribution in [0.5, 0.6) is 0 Å². The Kier molecular flexibility index (Phi) is 7.92. The van der Waals surface area contributed by atoms with Crippen molar-refractivity contribution in [3.05, 3.63) is 0 Å². The van der Waals surface area contributed by atoms with Gasteiger partial charge in [0.15, 0.2) is 0 Å². The van der Waals surface area contributed by atoms with Crippen molar-refractivity contribution >= 4 is 0 Å². The van der Waals surface area contributed by atoms with Crippen LogP contribution in [0.2, 0.25) is 0 Å². The predicted octanol–water partition coefficient (Wildman–Crippen LogP) is 3.97. The summed E-state index contributed by atoms with van der Waals surface area (Å²) in [5.41, 5.74) is -0.432. The van der Waals surface area contributed by atoms with Gasteiger partial charge in [-0.3, -0.25) is 0 Å². The van der Waals surface area contributed by atoms with Gasteiger partial charge in [-0.1, -0.05) is 51.9 Å². The molecule has 1 aliphatic rings. The minimum atomic E-state index is -0.432. The van der Waals surface area contributed by atoms with Gasteiger partial charge in [-0.05, 0) is 39.3 Å². The maximum Gasteiger partial charge on any atom is 0.0746 e. The summed E-state index contributed by atoms with van der Waals surface area (Å²) < 4.78 is 0. The first-order chi connectivity index (χ1) is 8.64. The van der Waals surface area contributed by atoms with Crippen molar-refractivity contribution in [3.8, 4) is 0 Å². The molecule has 2 nitrogen and oxygen atoms in total. The van der Waals surface area contributed by atoms with E-state index in [-0.39, 0.29) is 0 Å². The highest BCUT2D eigenvalue weighted by Gasteiger charge is 2.27. The lowest BCUT2D eigenvalue weighted by Gasteiger charge is -2.36. The first kappa shape index (κ1) is 16.0. The Labute approximate surface area is 114 Å². The Bertz CT molecular complexity index is 203. The molecule has 0 aliphatic carbocycles. The first-order valence-corrected chi connectivity index (χ1v) is 8.09. The topological polar surface area (TPSA) is 23.5 Å². The second-order valence-corrected chi connectivity index (χ2v) is 6.35. The van der Waals surface area contributed by atoms with E-state index in [1.807, 2.05) is 6.92 Å². The summed E-state index contributed by atoms with van der Waals surface area (Å²) in [5.74, 6) is 0. The van der Waals surface area contributed by atoms with E-state index in [9.17, 15) is 5.11 Å². The summed E-state index contributed by atoms with van der Waals surface area (Å²) >= 11 is 0. The number of hydrogen-bond donors (Lipinski definition) is 1. The Morgan fingerprint density at radius 3 is 2.22 bits per heavy atom. The van der Waals surface area contributed by atoms with Crippen LogP contribution in [0.1, 0.15) is 78.1 Å². The molecule has 0 amide bonds. The molecule has 1 rings (SSSR count). The maximum absolute atomic E-state index is 10.0. The number of rotatable bonds is 9. The van der Waals surface area contributed by atoms with Gasteiger partial charge in [0.2, 0.25) is 0 Å². The van der Waals surface area contributed by atoms with Crippen LogP contribution in [0.15, 0.2) is 0 Å². The van der Waals surface area contributed by atoms with Gasteiger partial charge in [-0.2, -0.15) is 0 Å². The zero-order valence-electron chi connectivity index (χ0n) is 12.6. The zero-order valence-corrected chi connectivity index (χ0v) is 12.6. The van der Waals surface area contributed by atoms with Crippen LogP contribution in [-0.2, 0) is 0 Å². The SMILES string of the molecule is CCCCCCCCCCN1CCCC(C)(O)C1. The van der Waals surface area contributed by atoms with Gasteiger partial charge in [0, 0.05) is 6.54 Å². The summed E-state index contributed by atoms with van der Waals surface area (Å²) in [5, 5.41) is 10.0. The zero-order chi connectivity index (χ0) is 13.3. The van der Waals surface area contributed by atoms with Gasteiger partial charge < -0.3 is 10.0 Å². The van der Waals surface area contributed by atoms with E-state index in [1.54, 1.807) is 0 Å². The highest BCUT2D eigenvalue weighted by molar-refractivity contribution is 4.82. The van der Waals surface area contributed by atoms with Crippen molar-refractivity contribution in [2.24, 2.45) is 0 Å². The highest BCUT2D eigenvalue weighted by Crippen LogP contribution is 2.20. The molecule has 1 aliphatic heterocycles. The fraction of sp³-hybridized carbons (Fsp3) is 1.00. The molecule has 0 aromatic rings. The van der Waals surface area contributed by atoms with Crippen LogP contribution in [0.3, 0.4) is 0 Å². The van der Waals surface area contributed by atoms with Crippen molar-refractivity contribution in [2.45, 2.75) is 83.7 Å². The predicted molar refractivity (Wildman–Crippen MR) is 78.9 cm³/mol. The Morgan fingerprint density at radius 2 is 1.61 bits per heavy atom. The quantitative estimate of drug-likeness (QED) is 0.630. The fourth-order valence-electron chi connectivity index (χ4n) is 2.98. The normalized spacial score (nSPS) is 25.5. The van der Waals surface area contributed by atoms with E-state index in [1.165, 1.54) is 64.5 Å². The maximum atomic E-state index is 10.0. The Balaban J connectivity index is 1.91. The van der Waals surface area contributed by atoms with E-state index in [2.05, 4.69) is 11.8 Å². The molecule has 2 heteroatoms. The molecular weight excluding hydrogens is 222 g/mol. The van der Waals surface area contributed by atoms with E-state index in [0.29, 0.717) is 0 Å². The number of hydrogen-bond acceptors (Lipinski definition) is 2. The largest absolute Gasteiger partial charge is 0.389 e. The number of nitrogens with zero attached hydrogens (tertiary/aromatic N) is 1. The molecule has 108 valence electrons. The van der Waals surface area contributed by atoms with Crippen LogP contribution < -0.4 is 0 Å². The van der Waals surface area contributed by atoms with Gasteiger partial charge >= 0.3 is 0 Å². The standard InChI is InChI=1S/C16H33NO/c1-3-4-5-6-7-8-9-10-13-17-14-11-12-16(2,18)15-17/h18H,3-15H2,1-2H3. The molecule has 0 aromatic heterocycles. The minimum absolute atomic E-state index is 0.432. The smallest absolute Gasteiger partial charge is 0.0746 e. The molecular formula is C16H33NO.